The van der Waals surface area contributed by atoms with Crippen LogP contribution in [0.1, 0.15) is 82.9 Å². The van der Waals surface area contributed by atoms with E-state index in [1.165, 1.54) is 5.57 Å². The van der Waals surface area contributed by atoms with Gasteiger partial charge in [0.2, 0.25) is 0 Å². The second-order valence-electron chi connectivity index (χ2n) is 9.95. The summed E-state index contributed by atoms with van der Waals surface area (Å²) in [6, 6.07) is 5.97. The molecule has 0 aliphatic heterocycles. The topological polar surface area (TPSA) is 48.4 Å². The predicted molar refractivity (Wildman–Crippen MR) is 128 cm³/mol. The van der Waals surface area contributed by atoms with Crippen LogP contribution in [-0.4, -0.2) is 23.2 Å². The molecule has 5 heteroatoms. The van der Waals surface area contributed by atoms with Gasteiger partial charge in [0.1, 0.15) is 0 Å². The number of rotatable bonds is 6. The van der Waals surface area contributed by atoms with E-state index in [1.54, 1.807) is 11.3 Å². The predicted octanol–water partition coefficient (Wildman–Crippen LogP) is 7.13. The van der Waals surface area contributed by atoms with E-state index in [0.717, 1.165) is 45.8 Å². The van der Waals surface area contributed by atoms with Gasteiger partial charge in [-0.05, 0) is 77.0 Å². The third-order valence-electron chi connectivity index (χ3n) is 5.56. The van der Waals surface area contributed by atoms with Crippen molar-refractivity contribution in [1.29, 1.82) is 0 Å². The molecule has 1 atom stereocenters. The number of pyridine rings is 1. The van der Waals surface area contributed by atoms with Gasteiger partial charge >= 0.3 is 5.97 Å². The van der Waals surface area contributed by atoms with E-state index in [0.29, 0.717) is 12.0 Å². The van der Waals surface area contributed by atoms with Crippen LogP contribution in [0.4, 0.5) is 0 Å². The molecule has 0 saturated carbocycles. The minimum Gasteiger partial charge on any atom is -0.464 e. The zero-order chi connectivity index (χ0) is 22.8. The molecule has 2 heterocycles. The second-order valence-corrected chi connectivity index (χ2v) is 11.2. The van der Waals surface area contributed by atoms with Gasteiger partial charge in [-0.15, -0.1) is 11.3 Å². The summed E-state index contributed by atoms with van der Waals surface area (Å²) in [6.07, 6.45) is 6.50. The summed E-state index contributed by atoms with van der Waals surface area (Å²) >= 11 is 1.69. The summed E-state index contributed by atoms with van der Waals surface area (Å²) in [4.78, 5) is 19.9. The highest BCUT2D eigenvalue weighted by atomic mass is 32.1. The van der Waals surface area contributed by atoms with Crippen LogP contribution in [0.2, 0.25) is 0 Å². The summed E-state index contributed by atoms with van der Waals surface area (Å²) in [5, 5.41) is 0. The Kier molecular flexibility index (Phi) is 7.07. The highest BCUT2D eigenvalue weighted by Gasteiger charge is 2.36. The number of allylic oxidation sites excluding steroid dienone is 2. The molecule has 1 aliphatic rings. The molecule has 0 N–H and O–H groups in total. The van der Waals surface area contributed by atoms with Crippen LogP contribution < -0.4 is 0 Å². The lowest BCUT2D eigenvalue weighted by atomic mass is 9.76. The van der Waals surface area contributed by atoms with Gasteiger partial charge in [-0.3, -0.25) is 4.98 Å². The highest BCUT2D eigenvalue weighted by Crippen LogP contribution is 2.48. The lowest BCUT2D eigenvalue weighted by molar-refractivity contribution is -0.166. The molecule has 2 aromatic heterocycles. The Hall–Kier alpha value is -1.98. The number of esters is 1. The number of hydrogen-bond donors (Lipinski definition) is 0. The third-order valence-corrected chi connectivity index (χ3v) is 6.70. The fourth-order valence-electron chi connectivity index (χ4n) is 3.97. The zero-order valence-corrected chi connectivity index (χ0v) is 20.7. The van der Waals surface area contributed by atoms with E-state index in [2.05, 4.69) is 31.8 Å². The molecular weight excluding hydrogens is 406 g/mol. The van der Waals surface area contributed by atoms with Crippen molar-refractivity contribution in [3.63, 3.8) is 0 Å². The maximum atomic E-state index is 13.1. The smallest absolute Gasteiger partial charge is 0.340 e. The van der Waals surface area contributed by atoms with Crippen LogP contribution in [0.5, 0.6) is 0 Å². The summed E-state index contributed by atoms with van der Waals surface area (Å²) in [6.45, 7) is 14.8. The molecule has 1 aliphatic carbocycles. The first kappa shape index (κ1) is 23.7. The van der Waals surface area contributed by atoms with Crippen LogP contribution in [0.3, 0.4) is 0 Å². The number of aromatic nitrogens is 1. The number of ether oxygens (including phenoxy) is 2. The van der Waals surface area contributed by atoms with Crippen LogP contribution in [0.25, 0.3) is 16.1 Å². The van der Waals surface area contributed by atoms with E-state index >= 15 is 0 Å². The van der Waals surface area contributed by atoms with Gasteiger partial charge in [0, 0.05) is 22.2 Å². The standard InChI is InChI=1S/C26H35NO3S/c1-8-29-24(28)22(30-25(3,4)5)20-17(2)31-23(19-11-9-10-16-27-19)21(20)18-12-14-26(6,7)15-13-18/h9-12,16,22H,8,13-15H2,1-7H3. The quantitative estimate of drug-likeness (QED) is 0.447. The molecule has 0 fully saturated rings. The fraction of sp³-hybridized carbons (Fsp3) is 0.538. The van der Waals surface area contributed by atoms with Crippen molar-refractivity contribution < 1.29 is 14.3 Å². The Bertz CT molecular complexity index is 951. The number of thiophene rings is 1. The first-order valence-electron chi connectivity index (χ1n) is 11.1. The number of carbonyl (C=O) groups is 1. The Morgan fingerprint density at radius 2 is 2.03 bits per heavy atom. The van der Waals surface area contributed by atoms with E-state index < -0.39 is 11.7 Å². The monoisotopic (exact) mass is 441 g/mol. The van der Waals surface area contributed by atoms with Gasteiger partial charge < -0.3 is 9.47 Å². The maximum absolute atomic E-state index is 13.1. The fourth-order valence-corrected chi connectivity index (χ4v) is 5.16. The highest BCUT2D eigenvalue weighted by molar-refractivity contribution is 7.16. The van der Waals surface area contributed by atoms with Crippen molar-refractivity contribution >= 4 is 22.9 Å². The third kappa shape index (κ3) is 5.64. The lowest BCUT2D eigenvalue weighted by Gasteiger charge is -2.31. The average molecular weight is 442 g/mol. The van der Waals surface area contributed by atoms with Crippen molar-refractivity contribution in [3.8, 4) is 10.6 Å². The molecule has 0 bridgehead atoms. The number of aryl methyl sites for hydroxylation is 1. The van der Waals surface area contributed by atoms with Crippen LogP contribution >= 0.6 is 11.3 Å². The molecular formula is C26H35NO3S. The largest absolute Gasteiger partial charge is 0.464 e. The Labute approximate surface area is 190 Å². The molecule has 0 radical (unpaired) electrons. The molecule has 0 saturated heterocycles. The minimum absolute atomic E-state index is 0.294. The molecule has 31 heavy (non-hydrogen) atoms. The minimum atomic E-state index is -0.764. The summed E-state index contributed by atoms with van der Waals surface area (Å²) in [5.41, 5.74) is 4.07. The van der Waals surface area contributed by atoms with E-state index in [9.17, 15) is 4.79 Å². The van der Waals surface area contributed by atoms with Gasteiger partial charge in [0.25, 0.3) is 0 Å². The zero-order valence-electron chi connectivity index (χ0n) is 19.9. The van der Waals surface area contributed by atoms with E-state index in [-0.39, 0.29) is 5.97 Å². The molecule has 0 spiro atoms. The van der Waals surface area contributed by atoms with E-state index in [4.69, 9.17) is 9.47 Å². The van der Waals surface area contributed by atoms with Gasteiger partial charge in [-0.25, -0.2) is 4.79 Å². The molecule has 0 aromatic carbocycles. The van der Waals surface area contributed by atoms with Crippen LogP contribution in [-0.2, 0) is 14.3 Å². The first-order valence-corrected chi connectivity index (χ1v) is 11.9. The van der Waals surface area contributed by atoms with Gasteiger partial charge in [0.15, 0.2) is 6.10 Å². The van der Waals surface area contributed by atoms with Crippen molar-refractivity contribution in [2.45, 2.75) is 79.4 Å². The van der Waals surface area contributed by atoms with Gasteiger partial charge in [0.05, 0.1) is 22.8 Å². The van der Waals surface area contributed by atoms with Crippen molar-refractivity contribution in [2.75, 3.05) is 6.61 Å². The number of hydrogen-bond acceptors (Lipinski definition) is 5. The van der Waals surface area contributed by atoms with E-state index in [1.807, 2.05) is 52.1 Å². The summed E-state index contributed by atoms with van der Waals surface area (Å²) < 4.78 is 11.8. The SMILES string of the molecule is CCOC(=O)C(OC(C)(C)C)c1c(C)sc(-c2ccccn2)c1C1=CCC(C)(C)CC1. The van der Waals surface area contributed by atoms with Crippen LogP contribution in [0.15, 0.2) is 30.5 Å². The molecule has 1 unspecified atom stereocenters. The lowest BCUT2D eigenvalue weighted by Crippen LogP contribution is -2.29. The molecule has 0 amide bonds. The summed E-state index contributed by atoms with van der Waals surface area (Å²) in [5.74, 6) is -0.330. The Morgan fingerprint density at radius 3 is 2.58 bits per heavy atom. The Morgan fingerprint density at radius 1 is 1.29 bits per heavy atom. The first-order chi connectivity index (χ1) is 14.5. The molecule has 168 valence electrons. The average Bonchev–Trinajstić information content (AvgIpc) is 3.03. The second kappa shape index (κ2) is 9.25. The molecule has 2 aromatic rings. The maximum Gasteiger partial charge on any atom is 0.340 e. The van der Waals surface area contributed by atoms with Crippen LogP contribution in [0, 0.1) is 12.3 Å². The van der Waals surface area contributed by atoms with Crippen molar-refractivity contribution in [1.82, 2.24) is 4.98 Å². The van der Waals surface area contributed by atoms with Crippen molar-refractivity contribution in [2.24, 2.45) is 5.41 Å². The van der Waals surface area contributed by atoms with Gasteiger partial charge in [-0.2, -0.15) is 0 Å². The summed E-state index contributed by atoms with van der Waals surface area (Å²) in [7, 11) is 0. The molecule has 3 rings (SSSR count). The Balaban J connectivity index is 2.22. The van der Waals surface area contributed by atoms with Gasteiger partial charge in [-0.1, -0.05) is 26.0 Å². The number of carbonyl (C=O) groups excluding carboxylic acids is 1. The number of nitrogens with zero attached hydrogens (tertiary/aromatic N) is 1. The van der Waals surface area contributed by atoms with Crippen molar-refractivity contribution in [3.05, 3.63) is 46.5 Å². The molecule has 4 nitrogen and oxygen atoms in total. The normalized spacial score (nSPS) is 17.2.